The molecule has 0 spiro atoms. The van der Waals surface area contributed by atoms with Crippen molar-refractivity contribution in [2.24, 2.45) is 5.73 Å². The van der Waals surface area contributed by atoms with Gasteiger partial charge in [0, 0.05) is 6.07 Å². The normalized spacial score (nSPS) is 11.2. The second-order valence-corrected chi connectivity index (χ2v) is 3.80. The van der Waals surface area contributed by atoms with E-state index >= 15 is 0 Å². The Morgan fingerprint density at radius 3 is 2.47 bits per heavy atom. The molecule has 108 valence electrons. The molecule has 0 fully saturated rings. The standard InChI is InChI=1S/C13H20N2O3.ClH/c1-4-17-10-6-7-12(18-5-2)11(8-10)15-13(16)9(3)14;/h6-9H,4-5,14H2,1-3H3,(H,15,16);1H. The van der Waals surface area contributed by atoms with Crippen LogP contribution in [0.2, 0.25) is 0 Å². The van der Waals surface area contributed by atoms with E-state index in [2.05, 4.69) is 5.32 Å². The first-order valence-corrected chi connectivity index (χ1v) is 6.04. The van der Waals surface area contributed by atoms with Crippen molar-refractivity contribution in [3.63, 3.8) is 0 Å². The molecule has 6 heteroatoms. The van der Waals surface area contributed by atoms with E-state index in [0.717, 1.165) is 0 Å². The summed E-state index contributed by atoms with van der Waals surface area (Å²) in [5.41, 5.74) is 6.09. The third-order valence-electron chi connectivity index (χ3n) is 2.23. The van der Waals surface area contributed by atoms with E-state index in [1.807, 2.05) is 13.8 Å². The SMILES string of the molecule is CCOc1ccc(OCC)c(NC(=O)C(C)N)c1.Cl. The summed E-state index contributed by atoms with van der Waals surface area (Å²) in [7, 11) is 0. The third kappa shape index (κ3) is 5.36. The maximum atomic E-state index is 11.6. The molecule has 0 aliphatic heterocycles. The number of carbonyl (C=O) groups excluding carboxylic acids is 1. The lowest BCUT2D eigenvalue weighted by atomic mass is 10.2. The Labute approximate surface area is 119 Å². The molecule has 0 bridgehead atoms. The van der Waals surface area contributed by atoms with Crippen LogP contribution in [0.5, 0.6) is 11.5 Å². The van der Waals surface area contributed by atoms with Crippen LogP contribution in [0.3, 0.4) is 0 Å². The molecule has 0 radical (unpaired) electrons. The lowest BCUT2D eigenvalue weighted by Crippen LogP contribution is -2.32. The summed E-state index contributed by atoms with van der Waals surface area (Å²) in [5, 5.41) is 2.72. The Balaban J connectivity index is 0.00000324. The number of benzene rings is 1. The van der Waals surface area contributed by atoms with E-state index in [4.69, 9.17) is 15.2 Å². The van der Waals surface area contributed by atoms with E-state index < -0.39 is 6.04 Å². The second kappa shape index (κ2) is 8.61. The number of carbonyl (C=O) groups is 1. The van der Waals surface area contributed by atoms with Gasteiger partial charge < -0.3 is 20.5 Å². The van der Waals surface area contributed by atoms with Crippen LogP contribution in [0.4, 0.5) is 5.69 Å². The van der Waals surface area contributed by atoms with Gasteiger partial charge in [-0.25, -0.2) is 0 Å². The maximum absolute atomic E-state index is 11.6. The van der Waals surface area contributed by atoms with Crippen LogP contribution < -0.4 is 20.5 Å². The Morgan fingerprint density at radius 1 is 1.32 bits per heavy atom. The summed E-state index contributed by atoms with van der Waals surface area (Å²) in [6, 6.07) is 4.73. The van der Waals surface area contributed by atoms with Crippen LogP contribution in [0, 0.1) is 0 Å². The predicted molar refractivity (Wildman–Crippen MR) is 78.3 cm³/mol. The number of anilines is 1. The Morgan fingerprint density at radius 2 is 1.95 bits per heavy atom. The number of amides is 1. The number of nitrogens with one attached hydrogen (secondary N) is 1. The molecule has 0 aliphatic rings. The first-order valence-electron chi connectivity index (χ1n) is 6.04. The highest BCUT2D eigenvalue weighted by Gasteiger charge is 2.12. The van der Waals surface area contributed by atoms with Gasteiger partial charge in [-0.1, -0.05) is 0 Å². The zero-order valence-electron chi connectivity index (χ0n) is 11.4. The molecule has 0 saturated carbocycles. The van der Waals surface area contributed by atoms with Crippen LogP contribution >= 0.6 is 12.4 Å². The van der Waals surface area contributed by atoms with Crippen LogP contribution in [0.25, 0.3) is 0 Å². The molecule has 1 rings (SSSR count). The number of hydrogen-bond donors (Lipinski definition) is 2. The van der Waals surface area contributed by atoms with E-state index in [1.165, 1.54) is 0 Å². The van der Waals surface area contributed by atoms with Crippen LogP contribution in [0.15, 0.2) is 18.2 Å². The molecule has 0 heterocycles. The average molecular weight is 289 g/mol. The lowest BCUT2D eigenvalue weighted by Gasteiger charge is -2.14. The first-order chi connectivity index (χ1) is 8.58. The van der Waals surface area contributed by atoms with Gasteiger partial charge in [0.25, 0.3) is 0 Å². The fourth-order valence-electron chi connectivity index (χ4n) is 1.39. The second-order valence-electron chi connectivity index (χ2n) is 3.80. The quantitative estimate of drug-likeness (QED) is 0.841. The van der Waals surface area contributed by atoms with Crippen molar-refractivity contribution in [1.29, 1.82) is 0 Å². The minimum atomic E-state index is -0.574. The molecular weight excluding hydrogens is 268 g/mol. The van der Waals surface area contributed by atoms with Crippen molar-refractivity contribution in [2.75, 3.05) is 18.5 Å². The molecule has 0 aromatic heterocycles. The van der Waals surface area contributed by atoms with Crippen molar-refractivity contribution >= 4 is 24.0 Å². The molecule has 0 aliphatic carbocycles. The Hall–Kier alpha value is -1.46. The number of rotatable bonds is 6. The summed E-state index contributed by atoms with van der Waals surface area (Å²) < 4.78 is 10.8. The van der Waals surface area contributed by atoms with Crippen LogP contribution in [-0.4, -0.2) is 25.2 Å². The van der Waals surface area contributed by atoms with Crippen molar-refractivity contribution < 1.29 is 14.3 Å². The fourth-order valence-corrected chi connectivity index (χ4v) is 1.39. The minimum Gasteiger partial charge on any atom is -0.494 e. The van der Waals surface area contributed by atoms with Gasteiger partial charge >= 0.3 is 0 Å². The van der Waals surface area contributed by atoms with E-state index in [-0.39, 0.29) is 18.3 Å². The van der Waals surface area contributed by atoms with Crippen LogP contribution in [-0.2, 0) is 4.79 Å². The topological polar surface area (TPSA) is 73.6 Å². The molecular formula is C13H21ClN2O3. The zero-order chi connectivity index (χ0) is 13.5. The minimum absolute atomic E-state index is 0. The molecule has 19 heavy (non-hydrogen) atoms. The number of nitrogens with two attached hydrogens (primary N) is 1. The smallest absolute Gasteiger partial charge is 0.241 e. The Kier molecular flexibility index (Phi) is 7.95. The number of hydrogen-bond acceptors (Lipinski definition) is 4. The van der Waals surface area contributed by atoms with Gasteiger partial charge in [0.15, 0.2) is 0 Å². The van der Waals surface area contributed by atoms with Crippen molar-refractivity contribution in [1.82, 2.24) is 0 Å². The maximum Gasteiger partial charge on any atom is 0.241 e. The number of ether oxygens (including phenoxy) is 2. The van der Waals surface area contributed by atoms with Gasteiger partial charge in [-0.3, -0.25) is 4.79 Å². The van der Waals surface area contributed by atoms with Gasteiger partial charge in [0.05, 0.1) is 24.9 Å². The van der Waals surface area contributed by atoms with Crippen molar-refractivity contribution in [3.05, 3.63) is 18.2 Å². The first kappa shape index (κ1) is 17.5. The molecule has 1 amide bonds. The van der Waals surface area contributed by atoms with Gasteiger partial charge in [0.2, 0.25) is 5.91 Å². The largest absolute Gasteiger partial charge is 0.494 e. The number of halogens is 1. The summed E-state index contributed by atoms with van der Waals surface area (Å²) in [5.74, 6) is 1.03. The highest BCUT2D eigenvalue weighted by Crippen LogP contribution is 2.29. The predicted octanol–water partition coefficient (Wildman–Crippen LogP) is 2.19. The van der Waals surface area contributed by atoms with E-state index in [1.54, 1.807) is 25.1 Å². The summed E-state index contributed by atoms with van der Waals surface area (Å²) >= 11 is 0. The molecule has 0 saturated heterocycles. The van der Waals surface area contributed by atoms with Gasteiger partial charge in [0.1, 0.15) is 11.5 Å². The van der Waals surface area contributed by atoms with Gasteiger partial charge in [-0.2, -0.15) is 0 Å². The monoisotopic (exact) mass is 288 g/mol. The van der Waals surface area contributed by atoms with Gasteiger partial charge in [-0.15, -0.1) is 12.4 Å². The summed E-state index contributed by atoms with van der Waals surface area (Å²) in [6.45, 7) is 6.50. The van der Waals surface area contributed by atoms with Crippen molar-refractivity contribution in [3.8, 4) is 11.5 Å². The van der Waals surface area contributed by atoms with Crippen molar-refractivity contribution in [2.45, 2.75) is 26.8 Å². The molecule has 1 aromatic rings. The highest BCUT2D eigenvalue weighted by atomic mass is 35.5. The Bertz CT molecular complexity index is 411. The molecule has 1 unspecified atom stereocenters. The van der Waals surface area contributed by atoms with E-state index in [0.29, 0.717) is 30.4 Å². The highest BCUT2D eigenvalue weighted by molar-refractivity contribution is 5.95. The molecule has 1 atom stereocenters. The summed E-state index contributed by atoms with van der Waals surface area (Å²) in [4.78, 5) is 11.6. The summed E-state index contributed by atoms with van der Waals surface area (Å²) in [6.07, 6.45) is 0. The van der Waals surface area contributed by atoms with E-state index in [9.17, 15) is 4.79 Å². The van der Waals surface area contributed by atoms with Crippen LogP contribution in [0.1, 0.15) is 20.8 Å². The zero-order valence-corrected chi connectivity index (χ0v) is 12.3. The van der Waals surface area contributed by atoms with Gasteiger partial charge in [-0.05, 0) is 32.9 Å². The third-order valence-corrected chi connectivity index (χ3v) is 2.23. The lowest BCUT2D eigenvalue weighted by molar-refractivity contribution is -0.117. The fraction of sp³-hybridized carbons (Fsp3) is 0.462. The molecule has 5 nitrogen and oxygen atoms in total. The molecule has 3 N–H and O–H groups in total. The molecule has 1 aromatic carbocycles. The average Bonchev–Trinajstić information content (AvgIpc) is 2.33.